The molecule has 1 rings (SSSR count). The first-order chi connectivity index (χ1) is 12.0. The molecule has 1 atom stereocenters. The van der Waals surface area contributed by atoms with Crippen molar-refractivity contribution >= 4 is 5.97 Å². The smallest absolute Gasteiger partial charge is 0.306 e. The Balaban J connectivity index is 2.96. The average Bonchev–Trinajstić information content (AvgIpc) is 2.61. The minimum atomic E-state index is -0.237. The molecule has 0 aromatic heterocycles. The van der Waals surface area contributed by atoms with Crippen molar-refractivity contribution in [3.05, 3.63) is 46.8 Å². The van der Waals surface area contributed by atoms with Gasteiger partial charge in [0.15, 0.2) is 0 Å². The van der Waals surface area contributed by atoms with Crippen LogP contribution in [0, 0.1) is 12.5 Å². The van der Waals surface area contributed by atoms with Crippen LogP contribution in [-0.4, -0.2) is 24.2 Å². The number of ether oxygens (including phenoxy) is 1. The minimum absolute atomic E-state index is 0.0283. The lowest BCUT2D eigenvalue weighted by Crippen LogP contribution is -2.12. The highest BCUT2D eigenvalue weighted by Crippen LogP contribution is 2.29. The number of aliphatic hydroxyl groups is 1. The average molecular weight is 347 g/mol. The molecule has 0 amide bonds. The van der Waals surface area contributed by atoms with Crippen molar-refractivity contribution in [2.75, 3.05) is 13.2 Å². The van der Waals surface area contributed by atoms with Crippen LogP contribution in [0.25, 0.3) is 0 Å². The Morgan fingerprint density at radius 1 is 1.44 bits per heavy atom. The van der Waals surface area contributed by atoms with E-state index in [0.717, 1.165) is 23.2 Å². The molecule has 0 saturated carbocycles. The van der Waals surface area contributed by atoms with Crippen molar-refractivity contribution in [2.24, 2.45) is 5.11 Å². The van der Waals surface area contributed by atoms with E-state index in [-0.39, 0.29) is 24.9 Å². The Hall–Kier alpha value is -2.21. The predicted molar refractivity (Wildman–Crippen MR) is 97.2 cm³/mol. The zero-order valence-electron chi connectivity index (χ0n) is 15.3. The number of allylic oxidation sites excluding steroid dienone is 1. The lowest BCUT2D eigenvalue weighted by Gasteiger charge is -2.18. The highest BCUT2D eigenvalue weighted by molar-refractivity contribution is 5.70. The van der Waals surface area contributed by atoms with Crippen LogP contribution in [0.1, 0.15) is 55.7 Å². The van der Waals surface area contributed by atoms with Crippen molar-refractivity contribution in [1.29, 1.82) is 5.53 Å². The maximum Gasteiger partial charge on any atom is 0.306 e. The van der Waals surface area contributed by atoms with Crippen LogP contribution in [0.15, 0.2) is 35.2 Å². The van der Waals surface area contributed by atoms with Crippen molar-refractivity contribution in [3.63, 3.8) is 0 Å². The predicted octanol–water partition coefficient (Wildman–Crippen LogP) is 3.79. The molecular weight excluding hydrogens is 318 g/mol. The summed E-state index contributed by atoms with van der Waals surface area (Å²) in [5.74, 6) is -0.282. The summed E-state index contributed by atoms with van der Waals surface area (Å²) in [6, 6.07) is 5.90. The van der Waals surface area contributed by atoms with Gasteiger partial charge >= 0.3 is 5.97 Å². The van der Waals surface area contributed by atoms with Crippen LogP contribution < -0.4 is 5.32 Å². The third kappa shape index (κ3) is 7.05. The number of nitrogens with one attached hydrogen (secondary N) is 2. The second-order valence-corrected chi connectivity index (χ2v) is 5.89. The van der Waals surface area contributed by atoms with E-state index in [2.05, 4.69) is 10.4 Å². The van der Waals surface area contributed by atoms with E-state index in [1.54, 1.807) is 13.1 Å². The summed E-state index contributed by atoms with van der Waals surface area (Å²) in [6.45, 7) is 6.81. The molecule has 0 saturated heterocycles. The molecule has 0 radical (unpaired) electrons. The van der Waals surface area contributed by atoms with E-state index in [0.29, 0.717) is 25.1 Å². The maximum atomic E-state index is 12.0. The maximum absolute atomic E-state index is 12.0. The zero-order valence-corrected chi connectivity index (χ0v) is 15.3. The summed E-state index contributed by atoms with van der Waals surface area (Å²) in [7, 11) is 0. The number of carbonyl (C=O) groups is 1. The van der Waals surface area contributed by atoms with Gasteiger partial charge in [-0.3, -0.25) is 4.79 Å². The van der Waals surface area contributed by atoms with Gasteiger partial charge in [0.2, 0.25) is 0 Å². The van der Waals surface area contributed by atoms with Crippen LogP contribution in [-0.2, 0) is 16.1 Å². The van der Waals surface area contributed by atoms with E-state index >= 15 is 0 Å². The fourth-order valence-corrected chi connectivity index (χ4v) is 2.63. The van der Waals surface area contributed by atoms with E-state index in [9.17, 15) is 9.90 Å². The summed E-state index contributed by atoms with van der Waals surface area (Å²) >= 11 is 0. The van der Waals surface area contributed by atoms with Gasteiger partial charge in [-0.25, -0.2) is 5.53 Å². The Kier molecular flexibility index (Phi) is 9.47. The van der Waals surface area contributed by atoms with Gasteiger partial charge in [-0.05, 0) is 56.2 Å². The van der Waals surface area contributed by atoms with Gasteiger partial charge in [-0.1, -0.05) is 18.2 Å². The normalized spacial score (nSPS) is 12.6. The number of nitrogens with zero attached hydrogens (tertiary/aromatic N) is 1. The van der Waals surface area contributed by atoms with Crippen LogP contribution in [0.4, 0.5) is 0 Å². The molecule has 1 aromatic rings. The number of esters is 1. The van der Waals surface area contributed by atoms with Crippen LogP contribution in [0.3, 0.4) is 0 Å². The minimum Gasteiger partial charge on any atom is -0.466 e. The second-order valence-electron chi connectivity index (χ2n) is 5.89. The molecule has 1 unspecified atom stereocenters. The van der Waals surface area contributed by atoms with Crippen LogP contribution >= 0.6 is 0 Å². The van der Waals surface area contributed by atoms with Gasteiger partial charge in [0.25, 0.3) is 0 Å². The molecular formula is C19H29N3O3. The lowest BCUT2D eigenvalue weighted by molar-refractivity contribution is -0.143. The Labute approximate surface area is 149 Å². The fraction of sp³-hybridized carbons (Fsp3) is 0.526. The van der Waals surface area contributed by atoms with Gasteiger partial charge in [0.1, 0.15) is 0 Å². The van der Waals surface area contributed by atoms with Gasteiger partial charge in [-0.15, -0.1) is 0 Å². The Morgan fingerprint density at radius 3 is 2.80 bits per heavy atom. The summed E-state index contributed by atoms with van der Waals surface area (Å²) in [4.78, 5) is 12.0. The first-order valence-electron chi connectivity index (χ1n) is 8.71. The molecule has 0 spiro atoms. The third-order valence-electron chi connectivity index (χ3n) is 4.10. The monoisotopic (exact) mass is 347 g/mol. The van der Waals surface area contributed by atoms with Gasteiger partial charge in [-0.2, -0.15) is 5.11 Å². The van der Waals surface area contributed by atoms with E-state index in [4.69, 9.17) is 10.3 Å². The Bertz CT molecular complexity index is 600. The largest absolute Gasteiger partial charge is 0.466 e. The van der Waals surface area contributed by atoms with Gasteiger partial charge in [0.05, 0.1) is 25.3 Å². The van der Waals surface area contributed by atoms with Crippen LogP contribution in [0.2, 0.25) is 0 Å². The number of aliphatic hydroxyl groups excluding tert-OH is 1. The highest BCUT2D eigenvalue weighted by atomic mass is 16.5. The second kappa shape index (κ2) is 11.4. The molecule has 6 heteroatoms. The van der Waals surface area contributed by atoms with E-state index in [1.807, 2.05) is 32.0 Å². The summed E-state index contributed by atoms with van der Waals surface area (Å²) < 4.78 is 5.10. The lowest BCUT2D eigenvalue weighted by atomic mass is 9.88. The molecule has 1 aromatic carbocycles. The van der Waals surface area contributed by atoms with Gasteiger partial charge in [0, 0.05) is 12.7 Å². The van der Waals surface area contributed by atoms with Crippen molar-refractivity contribution < 1.29 is 14.6 Å². The first kappa shape index (κ1) is 20.8. The SMILES string of the molecule is CCN/C=C(/CCC(CC(=O)OCC)c1ccc(C)c(CO)c1)N=N. The summed E-state index contributed by atoms with van der Waals surface area (Å²) in [6.07, 6.45) is 3.27. The van der Waals surface area contributed by atoms with E-state index < -0.39 is 0 Å². The molecule has 6 nitrogen and oxygen atoms in total. The molecule has 3 N–H and O–H groups in total. The highest BCUT2D eigenvalue weighted by Gasteiger charge is 2.18. The first-order valence-corrected chi connectivity index (χ1v) is 8.71. The van der Waals surface area contributed by atoms with Crippen LogP contribution in [0.5, 0.6) is 0 Å². The quantitative estimate of drug-likeness (QED) is 0.419. The molecule has 0 fully saturated rings. The molecule has 0 aliphatic heterocycles. The number of carbonyl (C=O) groups excluding carboxylic acids is 1. The summed E-state index contributed by atoms with van der Waals surface area (Å²) in [5, 5.41) is 16.1. The third-order valence-corrected chi connectivity index (χ3v) is 4.10. The molecule has 0 aliphatic rings. The fourth-order valence-electron chi connectivity index (χ4n) is 2.63. The Morgan fingerprint density at radius 2 is 2.20 bits per heavy atom. The zero-order chi connectivity index (χ0) is 18.7. The topological polar surface area (TPSA) is 94.8 Å². The van der Waals surface area contributed by atoms with Crippen molar-refractivity contribution in [3.8, 4) is 0 Å². The molecule has 0 aliphatic carbocycles. The molecule has 0 heterocycles. The summed E-state index contributed by atoms with van der Waals surface area (Å²) in [5.41, 5.74) is 10.8. The number of benzene rings is 1. The molecule has 25 heavy (non-hydrogen) atoms. The van der Waals surface area contributed by atoms with E-state index in [1.165, 1.54) is 0 Å². The molecule has 138 valence electrons. The standard InChI is InChI=1S/C19H29N3O3/c1-4-21-12-18(22-20)9-8-16(11-19(24)25-5-2)15-7-6-14(3)17(10-15)13-23/h6-7,10,12,16,20-21,23H,4-5,8-9,11,13H2,1-3H3/b18-12-,22-20?. The molecule has 0 bridgehead atoms. The number of rotatable bonds is 11. The number of aryl methyl sites for hydroxylation is 1. The van der Waals surface area contributed by atoms with Crippen molar-refractivity contribution in [1.82, 2.24) is 5.32 Å². The number of hydrogen-bond donors (Lipinski definition) is 3. The number of hydrogen-bond acceptors (Lipinski definition) is 6. The van der Waals surface area contributed by atoms with Crippen molar-refractivity contribution in [2.45, 2.75) is 52.6 Å². The van der Waals surface area contributed by atoms with Gasteiger partial charge < -0.3 is 15.2 Å².